The summed E-state index contributed by atoms with van der Waals surface area (Å²) in [4.78, 5) is 0. The number of hydrogen-bond donors (Lipinski definition) is 1. The first kappa shape index (κ1) is 17.8. The first-order valence-electron chi connectivity index (χ1n) is 7.41. The highest BCUT2D eigenvalue weighted by Gasteiger charge is 2.21. The predicted octanol–water partition coefficient (Wildman–Crippen LogP) is 4.72. The fraction of sp³-hybridized carbons (Fsp3) is 0.625. The lowest BCUT2D eigenvalue weighted by atomic mass is 9.98. The van der Waals surface area contributed by atoms with E-state index in [4.69, 9.17) is 27.9 Å². The van der Waals surface area contributed by atoms with Gasteiger partial charge in [-0.3, -0.25) is 0 Å². The number of hydrogen-bond acceptors (Lipinski definition) is 2. The van der Waals surface area contributed by atoms with Crippen molar-refractivity contribution in [2.45, 2.75) is 52.2 Å². The average molecular weight is 318 g/mol. The van der Waals surface area contributed by atoms with Gasteiger partial charge in [0.1, 0.15) is 0 Å². The predicted molar refractivity (Wildman–Crippen MR) is 88.0 cm³/mol. The van der Waals surface area contributed by atoms with Gasteiger partial charge in [-0.25, -0.2) is 0 Å². The van der Waals surface area contributed by atoms with Crippen LogP contribution in [0.5, 0.6) is 0 Å². The molecule has 0 radical (unpaired) electrons. The van der Waals surface area contributed by atoms with Crippen molar-refractivity contribution in [3.05, 3.63) is 33.8 Å². The molecule has 4 heteroatoms. The molecule has 1 N–H and O–H groups in total. The number of benzene rings is 1. The molecule has 0 aliphatic carbocycles. The van der Waals surface area contributed by atoms with Gasteiger partial charge in [0, 0.05) is 22.7 Å². The summed E-state index contributed by atoms with van der Waals surface area (Å²) in [5.74, 6) is 0. The van der Waals surface area contributed by atoms with E-state index in [1.807, 2.05) is 25.1 Å². The topological polar surface area (TPSA) is 21.3 Å². The zero-order valence-corrected chi connectivity index (χ0v) is 14.1. The molecule has 1 rings (SSSR count). The van der Waals surface area contributed by atoms with E-state index >= 15 is 0 Å². The lowest BCUT2D eigenvalue weighted by molar-refractivity contribution is 0.0286. The minimum atomic E-state index is 0.208. The first-order valence-corrected chi connectivity index (χ1v) is 8.16. The van der Waals surface area contributed by atoms with Crippen LogP contribution >= 0.6 is 23.2 Å². The molecule has 2 nitrogen and oxygen atoms in total. The lowest BCUT2D eigenvalue weighted by Crippen LogP contribution is -2.43. The van der Waals surface area contributed by atoms with Gasteiger partial charge in [0.25, 0.3) is 0 Å². The molecule has 1 aromatic carbocycles. The minimum Gasteiger partial charge on any atom is -0.377 e. The molecule has 0 aliphatic heterocycles. The van der Waals surface area contributed by atoms with E-state index < -0.39 is 0 Å². The van der Waals surface area contributed by atoms with Crippen LogP contribution in [0.15, 0.2) is 18.2 Å². The normalized spacial score (nSPS) is 14.2. The van der Waals surface area contributed by atoms with E-state index in [1.54, 1.807) is 0 Å². The van der Waals surface area contributed by atoms with E-state index in [0.29, 0.717) is 0 Å². The van der Waals surface area contributed by atoms with E-state index in [0.717, 1.165) is 48.0 Å². The number of nitrogens with one attached hydrogen (secondary N) is 1. The Kier molecular flexibility index (Phi) is 8.55. The van der Waals surface area contributed by atoms with Gasteiger partial charge in [-0.05, 0) is 50.1 Å². The molecule has 0 spiro atoms. The second kappa shape index (κ2) is 9.62. The molecule has 114 valence electrons. The first-order chi connectivity index (χ1) is 9.62. The lowest BCUT2D eigenvalue weighted by Gasteiger charge is -2.28. The summed E-state index contributed by atoms with van der Waals surface area (Å²) in [6.45, 7) is 7.98. The van der Waals surface area contributed by atoms with Crippen molar-refractivity contribution >= 4 is 23.2 Å². The number of halogens is 2. The van der Waals surface area contributed by atoms with Gasteiger partial charge < -0.3 is 10.1 Å². The molecule has 0 aromatic heterocycles. The van der Waals surface area contributed by atoms with E-state index in [2.05, 4.69) is 19.2 Å². The third-order valence-corrected chi connectivity index (χ3v) is 3.92. The van der Waals surface area contributed by atoms with Crippen molar-refractivity contribution in [1.29, 1.82) is 0 Å². The number of ether oxygens (including phenoxy) is 1. The molecular weight excluding hydrogens is 293 g/mol. The van der Waals surface area contributed by atoms with Crippen LogP contribution in [0.4, 0.5) is 0 Å². The zero-order valence-electron chi connectivity index (χ0n) is 12.6. The molecule has 20 heavy (non-hydrogen) atoms. The van der Waals surface area contributed by atoms with Gasteiger partial charge >= 0.3 is 0 Å². The van der Waals surface area contributed by atoms with Crippen molar-refractivity contribution in [3.8, 4) is 0 Å². The van der Waals surface area contributed by atoms with Crippen molar-refractivity contribution in [1.82, 2.24) is 5.32 Å². The second-order valence-electron chi connectivity index (χ2n) is 4.89. The maximum atomic E-state index is 6.27. The SMILES string of the molecule is CCCC(OCC)C(Cc1cc(Cl)ccc1Cl)NCC. The second-order valence-corrected chi connectivity index (χ2v) is 5.73. The molecule has 0 amide bonds. The summed E-state index contributed by atoms with van der Waals surface area (Å²) in [6.07, 6.45) is 3.19. The van der Waals surface area contributed by atoms with Crippen LogP contribution < -0.4 is 5.32 Å². The standard InChI is InChI=1S/C16H25Cl2NO/c1-4-7-16(20-6-3)15(19-5-2)11-12-10-13(17)8-9-14(12)18/h8-10,15-16,19H,4-7,11H2,1-3H3. The highest BCUT2D eigenvalue weighted by atomic mass is 35.5. The van der Waals surface area contributed by atoms with Crippen LogP contribution in [0.3, 0.4) is 0 Å². The van der Waals surface area contributed by atoms with Crippen molar-refractivity contribution < 1.29 is 4.74 Å². The molecule has 2 unspecified atom stereocenters. The van der Waals surface area contributed by atoms with Gasteiger partial charge in [-0.2, -0.15) is 0 Å². The van der Waals surface area contributed by atoms with Crippen LogP contribution in [0.1, 0.15) is 39.2 Å². The largest absolute Gasteiger partial charge is 0.377 e. The highest BCUT2D eigenvalue weighted by Crippen LogP contribution is 2.23. The van der Waals surface area contributed by atoms with Crippen LogP contribution in [-0.2, 0) is 11.2 Å². The van der Waals surface area contributed by atoms with Gasteiger partial charge in [-0.1, -0.05) is 43.5 Å². The quantitative estimate of drug-likeness (QED) is 0.711. The maximum absolute atomic E-state index is 6.27. The van der Waals surface area contributed by atoms with Crippen molar-refractivity contribution in [2.24, 2.45) is 0 Å². The summed E-state index contributed by atoms with van der Waals surface area (Å²) in [5, 5.41) is 5.01. The van der Waals surface area contributed by atoms with Crippen molar-refractivity contribution in [3.63, 3.8) is 0 Å². The van der Waals surface area contributed by atoms with Crippen LogP contribution in [-0.4, -0.2) is 25.3 Å². The summed E-state index contributed by atoms with van der Waals surface area (Å²) >= 11 is 12.3. The Balaban J connectivity index is 2.86. The van der Waals surface area contributed by atoms with E-state index in [1.165, 1.54) is 0 Å². The number of likely N-dealkylation sites (N-methyl/N-ethyl adjacent to an activating group) is 1. The Labute approximate surface area is 132 Å². The van der Waals surface area contributed by atoms with Gasteiger partial charge in [-0.15, -0.1) is 0 Å². The smallest absolute Gasteiger partial charge is 0.0731 e. The molecule has 0 saturated carbocycles. The molecule has 0 heterocycles. The fourth-order valence-corrected chi connectivity index (χ4v) is 2.82. The summed E-state index contributed by atoms with van der Waals surface area (Å²) in [6, 6.07) is 5.89. The highest BCUT2D eigenvalue weighted by molar-refractivity contribution is 6.33. The van der Waals surface area contributed by atoms with E-state index in [9.17, 15) is 0 Å². The Bertz CT molecular complexity index is 392. The summed E-state index contributed by atoms with van der Waals surface area (Å²) < 4.78 is 5.90. The molecule has 2 atom stereocenters. The Hall–Kier alpha value is -0.280. The van der Waals surface area contributed by atoms with Crippen LogP contribution in [0, 0.1) is 0 Å². The molecular formula is C16H25Cl2NO. The maximum Gasteiger partial charge on any atom is 0.0731 e. The van der Waals surface area contributed by atoms with E-state index in [-0.39, 0.29) is 12.1 Å². The summed E-state index contributed by atoms with van der Waals surface area (Å²) in [7, 11) is 0. The molecule has 0 saturated heterocycles. The minimum absolute atomic E-state index is 0.208. The van der Waals surface area contributed by atoms with Gasteiger partial charge in [0.05, 0.1) is 6.10 Å². The Morgan fingerprint density at radius 1 is 1.20 bits per heavy atom. The third kappa shape index (κ3) is 5.61. The Morgan fingerprint density at radius 2 is 1.95 bits per heavy atom. The monoisotopic (exact) mass is 317 g/mol. The number of rotatable bonds is 9. The molecule has 0 fully saturated rings. The average Bonchev–Trinajstić information content (AvgIpc) is 2.42. The molecule has 0 bridgehead atoms. The van der Waals surface area contributed by atoms with Crippen LogP contribution in [0.25, 0.3) is 0 Å². The van der Waals surface area contributed by atoms with Crippen LogP contribution in [0.2, 0.25) is 10.0 Å². The van der Waals surface area contributed by atoms with Gasteiger partial charge in [0.15, 0.2) is 0 Å². The van der Waals surface area contributed by atoms with Crippen molar-refractivity contribution in [2.75, 3.05) is 13.2 Å². The fourth-order valence-electron chi connectivity index (χ4n) is 2.43. The zero-order chi connectivity index (χ0) is 15.0. The third-order valence-electron chi connectivity index (χ3n) is 3.32. The molecule has 1 aromatic rings. The summed E-state index contributed by atoms with van der Waals surface area (Å²) in [5.41, 5.74) is 1.07. The van der Waals surface area contributed by atoms with Gasteiger partial charge in [0.2, 0.25) is 0 Å². The molecule has 0 aliphatic rings. The Morgan fingerprint density at radius 3 is 2.55 bits per heavy atom.